The van der Waals surface area contributed by atoms with E-state index in [4.69, 9.17) is 5.73 Å². The van der Waals surface area contributed by atoms with E-state index >= 15 is 0 Å². The summed E-state index contributed by atoms with van der Waals surface area (Å²) in [4.78, 5) is 12.0. The van der Waals surface area contributed by atoms with Gasteiger partial charge in [0.05, 0.1) is 0 Å². The molecule has 0 saturated heterocycles. The molecule has 1 saturated carbocycles. The van der Waals surface area contributed by atoms with Crippen molar-refractivity contribution in [3.63, 3.8) is 0 Å². The van der Waals surface area contributed by atoms with Crippen LogP contribution in [-0.2, 0) is 11.2 Å². The van der Waals surface area contributed by atoms with E-state index in [-0.39, 0.29) is 23.7 Å². The Morgan fingerprint density at radius 1 is 1.45 bits per heavy atom. The highest BCUT2D eigenvalue weighted by Gasteiger charge is 2.24. The fourth-order valence-corrected chi connectivity index (χ4v) is 3.07. The van der Waals surface area contributed by atoms with Crippen molar-refractivity contribution in [2.45, 2.75) is 38.1 Å². The molecule has 1 aromatic carbocycles. The maximum absolute atomic E-state index is 13.5. The zero-order valence-corrected chi connectivity index (χ0v) is 13.0. The molecule has 1 aromatic rings. The molecule has 0 aromatic heterocycles. The predicted molar refractivity (Wildman–Crippen MR) is 80.7 cm³/mol. The van der Waals surface area contributed by atoms with Crippen molar-refractivity contribution < 1.29 is 9.18 Å². The molecule has 0 radical (unpaired) electrons. The van der Waals surface area contributed by atoms with Gasteiger partial charge in [-0.1, -0.05) is 22.4 Å². The van der Waals surface area contributed by atoms with Gasteiger partial charge in [-0.2, -0.15) is 0 Å². The van der Waals surface area contributed by atoms with Crippen LogP contribution in [0.3, 0.4) is 0 Å². The maximum Gasteiger partial charge on any atom is 0.223 e. The normalized spacial score (nSPS) is 22.6. The van der Waals surface area contributed by atoms with Crippen LogP contribution in [0.4, 0.5) is 4.39 Å². The molecule has 110 valence electrons. The van der Waals surface area contributed by atoms with Crippen molar-refractivity contribution >= 4 is 21.8 Å². The Kier molecular flexibility index (Phi) is 5.54. The first-order valence-electron chi connectivity index (χ1n) is 7.03. The van der Waals surface area contributed by atoms with E-state index in [0.717, 1.165) is 30.2 Å². The van der Waals surface area contributed by atoms with E-state index in [9.17, 15) is 9.18 Å². The summed E-state index contributed by atoms with van der Waals surface area (Å²) in [6, 6.07) is 4.99. The lowest BCUT2D eigenvalue weighted by Crippen LogP contribution is -2.38. The molecule has 1 fully saturated rings. The van der Waals surface area contributed by atoms with Gasteiger partial charge in [0.2, 0.25) is 5.91 Å². The van der Waals surface area contributed by atoms with Crippen molar-refractivity contribution in [2.24, 2.45) is 11.7 Å². The predicted octanol–water partition coefficient (Wildman–Crippen LogP) is 2.76. The van der Waals surface area contributed by atoms with Crippen molar-refractivity contribution in [3.05, 3.63) is 34.1 Å². The third-order valence-corrected chi connectivity index (χ3v) is 4.28. The number of carbonyl (C=O) groups is 1. The molecule has 0 bridgehead atoms. The number of rotatable bonds is 4. The monoisotopic (exact) mass is 342 g/mol. The van der Waals surface area contributed by atoms with Crippen molar-refractivity contribution in [2.75, 3.05) is 6.54 Å². The van der Waals surface area contributed by atoms with Crippen LogP contribution in [0.2, 0.25) is 0 Å². The molecule has 0 spiro atoms. The van der Waals surface area contributed by atoms with E-state index < -0.39 is 0 Å². The summed E-state index contributed by atoms with van der Waals surface area (Å²) in [6.07, 6.45) is 4.18. The summed E-state index contributed by atoms with van der Waals surface area (Å²) in [7, 11) is 0. The van der Waals surface area contributed by atoms with Crippen LogP contribution in [0, 0.1) is 11.7 Å². The molecular formula is C15H20BrFN2O. The van der Waals surface area contributed by atoms with E-state index in [1.165, 1.54) is 6.07 Å². The second-order valence-corrected chi connectivity index (χ2v) is 6.32. The van der Waals surface area contributed by atoms with Crippen LogP contribution >= 0.6 is 15.9 Å². The molecule has 20 heavy (non-hydrogen) atoms. The topological polar surface area (TPSA) is 55.1 Å². The van der Waals surface area contributed by atoms with Crippen LogP contribution < -0.4 is 11.1 Å². The van der Waals surface area contributed by atoms with Gasteiger partial charge < -0.3 is 11.1 Å². The van der Waals surface area contributed by atoms with Crippen LogP contribution in [0.5, 0.6) is 0 Å². The minimum absolute atomic E-state index is 0.0195. The fraction of sp³-hybridized carbons (Fsp3) is 0.533. The Morgan fingerprint density at radius 3 is 3.00 bits per heavy atom. The number of carbonyl (C=O) groups excluding carboxylic acids is 1. The van der Waals surface area contributed by atoms with E-state index in [1.807, 2.05) is 0 Å². The van der Waals surface area contributed by atoms with Gasteiger partial charge >= 0.3 is 0 Å². The smallest absolute Gasteiger partial charge is 0.223 e. The number of nitrogens with one attached hydrogen (secondary N) is 1. The largest absolute Gasteiger partial charge is 0.356 e. The number of nitrogens with two attached hydrogens (primary N) is 1. The minimum atomic E-state index is -0.234. The Morgan fingerprint density at radius 2 is 2.25 bits per heavy atom. The van der Waals surface area contributed by atoms with E-state index in [2.05, 4.69) is 21.2 Å². The second-order valence-electron chi connectivity index (χ2n) is 5.40. The Balaban J connectivity index is 1.80. The van der Waals surface area contributed by atoms with E-state index in [1.54, 1.807) is 12.1 Å². The Labute approximate surface area is 127 Å². The molecule has 0 aliphatic heterocycles. The molecule has 1 aliphatic carbocycles. The first kappa shape index (κ1) is 15.4. The standard InChI is InChI=1S/C15H20BrFN2O/c16-12-4-5-14(17)10(8-12)6-7-19-15(20)11-2-1-3-13(18)9-11/h4-5,8,11,13H,1-3,6-7,9,18H2,(H,19,20). The molecule has 2 rings (SSSR count). The van der Waals surface area contributed by atoms with Gasteiger partial charge in [-0.25, -0.2) is 4.39 Å². The molecule has 2 unspecified atom stereocenters. The van der Waals surface area contributed by atoms with Crippen LogP contribution in [-0.4, -0.2) is 18.5 Å². The number of halogens is 2. The lowest BCUT2D eigenvalue weighted by Gasteiger charge is -2.25. The summed E-state index contributed by atoms with van der Waals surface area (Å²) < 4.78 is 14.4. The summed E-state index contributed by atoms with van der Waals surface area (Å²) >= 11 is 3.32. The summed E-state index contributed by atoms with van der Waals surface area (Å²) in [6.45, 7) is 0.456. The maximum atomic E-state index is 13.5. The van der Waals surface area contributed by atoms with Gasteiger partial charge in [0.25, 0.3) is 0 Å². The summed E-state index contributed by atoms with van der Waals surface area (Å²) in [5.41, 5.74) is 6.50. The highest BCUT2D eigenvalue weighted by Crippen LogP contribution is 2.23. The van der Waals surface area contributed by atoms with Crippen molar-refractivity contribution in [1.29, 1.82) is 0 Å². The molecule has 5 heteroatoms. The van der Waals surface area contributed by atoms with Crippen molar-refractivity contribution in [1.82, 2.24) is 5.32 Å². The number of benzene rings is 1. The van der Waals surface area contributed by atoms with E-state index in [0.29, 0.717) is 18.5 Å². The minimum Gasteiger partial charge on any atom is -0.356 e. The van der Waals surface area contributed by atoms with Gasteiger partial charge in [0, 0.05) is 23.0 Å². The lowest BCUT2D eigenvalue weighted by atomic mass is 9.85. The molecule has 0 heterocycles. The molecular weight excluding hydrogens is 323 g/mol. The molecule has 3 N–H and O–H groups in total. The van der Waals surface area contributed by atoms with Gasteiger partial charge in [-0.05, 0) is 49.4 Å². The van der Waals surface area contributed by atoms with Gasteiger partial charge in [-0.15, -0.1) is 0 Å². The highest BCUT2D eigenvalue weighted by molar-refractivity contribution is 9.10. The third kappa shape index (κ3) is 4.28. The van der Waals surface area contributed by atoms with Gasteiger partial charge in [0.15, 0.2) is 0 Å². The van der Waals surface area contributed by atoms with Crippen LogP contribution in [0.15, 0.2) is 22.7 Å². The Hall–Kier alpha value is -0.940. The Bertz CT molecular complexity index is 481. The first-order chi connectivity index (χ1) is 9.56. The first-order valence-corrected chi connectivity index (χ1v) is 7.83. The second kappa shape index (κ2) is 7.18. The average Bonchev–Trinajstić information content (AvgIpc) is 2.42. The highest BCUT2D eigenvalue weighted by atomic mass is 79.9. The molecule has 3 nitrogen and oxygen atoms in total. The zero-order valence-electron chi connectivity index (χ0n) is 11.4. The zero-order chi connectivity index (χ0) is 14.5. The molecule has 2 atom stereocenters. The van der Waals surface area contributed by atoms with Crippen LogP contribution in [0.1, 0.15) is 31.2 Å². The molecule has 1 amide bonds. The third-order valence-electron chi connectivity index (χ3n) is 3.79. The average molecular weight is 343 g/mol. The number of amides is 1. The van der Waals surface area contributed by atoms with Gasteiger partial charge in [0.1, 0.15) is 5.82 Å². The van der Waals surface area contributed by atoms with Crippen molar-refractivity contribution in [3.8, 4) is 0 Å². The number of hydrogen-bond acceptors (Lipinski definition) is 2. The van der Waals surface area contributed by atoms with Gasteiger partial charge in [-0.3, -0.25) is 4.79 Å². The van der Waals surface area contributed by atoms with Crippen LogP contribution in [0.25, 0.3) is 0 Å². The molecule has 1 aliphatic rings. The SMILES string of the molecule is NC1CCCC(C(=O)NCCc2cc(Br)ccc2F)C1. The summed E-state index contributed by atoms with van der Waals surface area (Å²) in [5.74, 6) is -0.163. The summed E-state index contributed by atoms with van der Waals surface area (Å²) in [5, 5.41) is 2.89. The fourth-order valence-electron chi connectivity index (χ4n) is 2.67. The number of hydrogen-bond donors (Lipinski definition) is 2. The lowest BCUT2D eigenvalue weighted by molar-refractivity contribution is -0.126. The quantitative estimate of drug-likeness (QED) is 0.883.